The third kappa shape index (κ3) is 3.65. The summed E-state index contributed by atoms with van der Waals surface area (Å²) in [7, 11) is 0. The van der Waals surface area contributed by atoms with E-state index in [9.17, 15) is 10.1 Å². The van der Waals surface area contributed by atoms with E-state index in [1.54, 1.807) is 12.1 Å². The molecule has 1 saturated carbocycles. The molecule has 10 nitrogen and oxygen atoms in total. The number of non-ortho nitro benzene ring substituents is 1. The van der Waals surface area contributed by atoms with Crippen molar-refractivity contribution in [3.8, 4) is 22.8 Å². The van der Waals surface area contributed by atoms with Crippen LogP contribution in [0.3, 0.4) is 0 Å². The van der Waals surface area contributed by atoms with Crippen molar-refractivity contribution in [2.45, 2.75) is 29.8 Å². The van der Waals surface area contributed by atoms with Gasteiger partial charge in [0.1, 0.15) is 0 Å². The molecule has 1 aliphatic rings. The third-order valence-electron chi connectivity index (χ3n) is 5.52. The molecule has 1 fully saturated rings. The van der Waals surface area contributed by atoms with Gasteiger partial charge < -0.3 is 9.40 Å². The number of nitrogens with one attached hydrogen (secondary N) is 1. The molecular formula is C22H17N7O3S. The highest BCUT2D eigenvalue weighted by atomic mass is 32.2. The Hall–Kier alpha value is -3.99. The maximum Gasteiger partial charge on any atom is 0.269 e. The number of H-pyrrole nitrogens is 1. The number of hydrogen-bond acceptors (Lipinski definition) is 8. The summed E-state index contributed by atoms with van der Waals surface area (Å²) >= 11 is 1.50. The molecule has 0 spiro atoms. The fourth-order valence-corrected chi connectivity index (χ4v) is 4.60. The average Bonchev–Trinajstić information content (AvgIpc) is 3.23. The van der Waals surface area contributed by atoms with Crippen molar-refractivity contribution in [1.82, 2.24) is 29.9 Å². The zero-order valence-corrected chi connectivity index (χ0v) is 18.0. The van der Waals surface area contributed by atoms with Gasteiger partial charge in [-0.1, -0.05) is 30.0 Å². The van der Waals surface area contributed by atoms with Crippen LogP contribution >= 0.6 is 11.8 Å². The van der Waals surface area contributed by atoms with Gasteiger partial charge in [-0.15, -0.1) is 20.4 Å². The Bertz CT molecular complexity index is 1470. The Morgan fingerprint density at radius 3 is 2.70 bits per heavy atom. The van der Waals surface area contributed by atoms with Crippen LogP contribution < -0.4 is 0 Å². The number of aromatic nitrogens is 6. The molecule has 6 rings (SSSR count). The van der Waals surface area contributed by atoms with E-state index in [4.69, 9.17) is 4.42 Å². The van der Waals surface area contributed by atoms with Crippen LogP contribution in [0.15, 0.2) is 64.3 Å². The minimum absolute atomic E-state index is 0.0134. The number of rotatable bonds is 7. The van der Waals surface area contributed by atoms with Crippen LogP contribution in [-0.4, -0.2) is 34.9 Å². The molecule has 0 atom stereocenters. The molecule has 2 aromatic carbocycles. The minimum atomic E-state index is -0.444. The van der Waals surface area contributed by atoms with Crippen LogP contribution in [0.25, 0.3) is 33.7 Å². The normalized spacial score (nSPS) is 13.6. The zero-order chi connectivity index (χ0) is 22.4. The van der Waals surface area contributed by atoms with E-state index in [-0.39, 0.29) is 5.69 Å². The van der Waals surface area contributed by atoms with Crippen LogP contribution in [0.2, 0.25) is 0 Å². The molecule has 0 bridgehead atoms. The highest BCUT2D eigenvalue weighted by Crippen LogP contribution is 2.42. The molecule has 5 aromatic rings. The lowest BCUT2D eigenvalue weighted by Gasteiger charge is -2.07. The Morgan fingerprint density at radius 2 is 1.91 bits per heavy atom. The lowest BCUT2D eigenvalue weighted by atomic mass is 10.1. The van der Waals surface area contributed by atoms with E-state index < -0.39 is 4.92 Å². The molecule has 0 saturated heterocycles. The number of aromatic amines is 1. The summed E-state index contributed by atoms with van der Waals surface area (Å²) in [6.07, 6.45) is 4.19. The summed E-state index contributed by atoms with van der Waals surface area (Å²) in [6.45, 7) is 0. The van der Waals surface area contributed by atoms with E-state index >= 15 is 0 Å². The molecule has 11 heteroatoms. The fraction of sp³-hybridized carbons (Fsp3) is 0.182. The first-order valence-electron chi connectivity index (χ1n) is 10.4. The predicted octanol–water partition coefficient (Wildman–Crippen LogP) is 5.01. The summed E-state index contributed by atoms with van der Waals surface area (Å²) in [4.78, 5) is 13.7. The topological polar surface area (TPSA) is 129 Å². The molecular weight excluding hydrogens is 442 g/mol. The van der Waals surface area contributed by atoms with Crippen LogP contribution in [0.5, 0.6) is 0 Å². The molecule has 1 aliphatic carbocycles. The van der Waals surface area contributed by atoms with Crippen molar-refractivity contribution in [2.24, 2.45) is 0 Å². The van der Waals surface area contributed by atoms with Crippen molar-refractivity contribution >= 4 is 28.4 Å². The number of nitrogens with zero attached hydrogens (tertiary/aromatic N) is 6. The molecule has 1 N–H and O–H groups in total. The number of para-hydroxylation sites is 1. The summed E-state index contributed by atoms with van der Waals surface area (Å²) in [5.74, 6) is 2.07. The molecule has 3 aromatic heterocycles. The van der Waals surface area contributed by atoms with E-state index in [2.05, 4.69) is 36.0 Å². The summed E-state index contributed by atoms with van der Waals surface area (Å²) in [5.41, 5.74) is 2.75. The number of hydrogen-bond donors (Lipinski definition) is 1. The Labute approximate surface area is 191 Å². The predicted molar refractivity (Wildman–Crippen MR) is 122 cm³/mol. The molecule has 0 aliphatic heterocycles. The van der Waals surface area contributed by atoms with Gasteiger partial charge in [-0.05, 0) is 31.0 Å². The fourth-order valence-electron chi connectivity index (χ4n) is 3.76. The number of nitro groups is 1. The summed E-state index contributed by atoms with van der Waals surface area (Å²) in [5, 5.41) is 29.9. The average molecular weight is 459 g/mol. The first kappa shape index (κ1) is 19.7. The van der Waals surface area contributed by atoms with Gasteiger partial charge in [0, 0.05) is 46.4 Å². The van der Waals surface area contributed by atoms with Gasteiger partial charge in [0.05, 0.1) is 10.7 Å². The van der Waals surface area contributed by atoms with Crippen LogP contribution in [0.4, 0.5) is 5.69 Å². The Kier molecular flexibility index (Phi) is 4.68. The maximum absolute atomic E-state index is 10.8. The molecule has 0 amide bonds. The van der Waals surface area contributed by atoms with E-state index in [0.29, 0.717) is 29.1 Å². The highest BCUT2D eigenvalue weighted by molar-refractivity contribution is 7.98. The van der Waals surface area contributed by atoms with Gasteiger partial charge >= 0.3 is 0 Å². The smallest absolute Gasteiger partial charge is 0.269 e. The molecule has 164 valence electrons. The van der Waals surface area contributed by atoms with Gasteiger partial charge in [-0.3, -0.25) is 14.7 Å². The first-order valence-corrected chi connectivity index (χ1v) is 11.4. The highest BCUT2D eigenvalue weighted by Gasteiger charge is 2.31. The first-order chi connectivity index (χ1) is 16.2. The minimum Gasteiger partial charge on any atom is -0.420 e. The van der Waals surface area contributed by atoms with Gasteiger partial charge in [0.25, 0.3) is 5.69 Å². The van der Waals surface area contributed by atoms with Gasteiger partial charge in [0.15, 0.2) is 11.0 Å². The van der Waals surface area contributed by atoms with Crippen molar-refractivity contribution in [1.29, 1.82) is 0 Å². The lowest BCUT2D eigenvalue weighted by Crippen LogP contribution is -1.99. The van der Waals surface area contributed by atoms with Crippen molar-refractivity contribution in [3.63, 3.8) is 0 Å². The van der Waals surface area contributed by atoms with Crippen molar-refractivity contribution < 1.29 is 9.34 Å². The number of fused-ring (bicyclic) bond motifs is 1. The monoisotopic (exact) mass is 459 g/mol. The largest absolute Gasteiger partial charge is 0.420 e. The maximum atomic E-state index is 10.8. The molecule has 0 unspecified atom stereocenters. The zero-order valence-electron chi connectivity index (χ0n) is 17.2. The van der Waals surface area contributed by atoms with E-state index in [1.165, 1.54) is 23.9 Å². The summed E-state index contributed by atoms with van der Waals surface area (Å²) < 4.78 is 7.97. The van der Waals surface area contributed by atoms with E-state index in [1.807, 2.05) is 24.4 Å². The number of nitro benzene ring substituents is 1. The quantitative estimate of drug-likeness (QED) is 0.204. The van der Waals surface area contributed by atoms with Gasteiger partial charge in [-0.25, -0.2) is 0 Å². The van der Waals surface area contributed by atoms with Gasteiger partial charge in [0.2, 0.25) is 11.8 Å². The summed E-state index contributed by atoms with van der Waals surface area (Å²) in [6, 6.07) is 14.6. The second-order valence-electron chi connectivity index (χ2n) is 7.75. The molecule has 33 heavy (non-hydrogen) atoms. The molecule has 3 heterocycles. The number of thioether (sulfide) groups is 1. The Balaban J connectivity index is 1.23. The number of benzene rings is 2. The van der Waals surface area contributed by atoms with Crippen LogP contribution in [-0.2, 0) is 5.75 Å². The second kappa shape index (κ2) is 7.85. The Morgan fingerprint density at radius 1 is 1.09 bits per heavy atom. The van der Waals surface area contributed by atoms with Gasteiger partial charge in [-0.2, -0.15) is 0 Å². The molecule has 0 radical (unpaired) electrons. The van der Waals surface area contributed by atoms with Crippen molar-refractivity contribution in [3.05, 3.63) is 70.7 Å². The second-order valence-corrected chi connectivity index (χ2v) is 8.69. The lowest BCUT2D eigenvalue weighted by molar-refractivity contribution is -0.384. The standard InChI is InChI=1S/C22H17N7O3S/c30-29(31)15-7-5-13(6-8-15)21-26-24-19(32-21)12-33-22-27-25-20(28(22)14-9-10-14)17-11-23-18-4-2-1-3-16(17)18/h1-8,11,14,23H,9-10,12H2. The van der Waals surface area contributed by atoms with E-state index in [0.717, 1.165) is 40.3 Å². The SMILES string of the molecule is O=[N+]([O-])c1ccc(-c2nnc(CSc3nnc(-c4c[nH]c5ccccc45)n3C3CC3)o2)cc1. The van der Waals surface area contributed by atoms with Crippen LogP contribution in [0.1, 0.15) is 24.8 Å². The third-order valence-corrected chi connectivity index (χ3v) is 6.45. The van der Waals surface area contributed by atoms with Crippen molar-refractivity contribution in [2.75, 3.05) is 0 Å². The van der Waals surface area contributed by atoms with Crippen LogP contribution in [0, 0.1) is 10.1 Å².